The molecule has 0 aromatic carbocycles. The SMILES string of the molecule is CO/C(=C/CO)C(N)=O. The third-order valence-electron chi connectivity index (χ3n) is 0.739. The van der Waals surface area contributed by atoms with Crippen LogP contribution in [0.25, 0.3) is 0 Å². The Kier molecular flexibility index (Phi) is 3.46. The first-order valence-electron chi connectivity index (χ1n) is 2.37. The summed E-state index contributed by atoms with van der Waals surface area (Å²) in [4.78, 5) is 10.2. The fraction of sp³-hybridized carbons (Fsp3) is 0.400. The fourth-order valence-electron chi connectivity index (χ4n) is 0.367. The first kappa shape index (κ1) is 7.97. The summed E-state index contributed by atoms with van der Waals surface area (Å²) in [7, 11) is 1.31. The zero-order valence-corrected chi connectivity index (χ0v) is 5.13. The number of carbonyl (C=O) groups is 1. The number of hydrogen-bond acceptors (Lipinski definition) is 3. The zero-order valence-electron chi connectivity index (χ0n) is 5.13. The molecule has 0 aromatic heterocycles. The Labute approximate surface area is 52.9 Å². The molecule has 0 aromatic rings. The molecule has 9 heavy (non-hydrogen) atoms. The maximum atomic E-state index is 10.2. The van der Waals surface area contributed by atoms with Crippen molar-refractivity contribution >= 4 is 5.91 Å². The Bertz CT molecular complexity index is 130. The van der Waals surface area contributed by atoms with E-state index in [1.807, 2.05) is 0 Å². The molecule has 0 aliphatic heterocycles. The Balaban J connectivity index is 3.98. The second kappa shape index (κ2) is 3.91. The normalized spacial score (nSPS) is 11.1. The van der Waals surface area contributed by atoms with Crippen molar-refractivity contribution in [3.8, 4) is 0 Å². The van der Waals surface area contributed by atoms with Crippen molar-refractivity contribution < 1.29 is 14.6 Å². The van der Waals surface area contributed by atoms with E-state index in [2.05, 4.69) is 4.74 Å². The molecule has 0 radical (unpaired) electrons. The van der Waals surface area contributed by atoms with Gasteiger partial charge in [0.2, 0.25) is 0 Å². The minimum atomic E-state index is -0.674. The second-order valence-corrected chi connectivity index (χ2v) is 1.32. The number of primary amides is 1. The predicted molar refractivity (Wildman–Crippen MR) is 31.4 cm³/mol. The molecular formula is C5H9NO3. The van der Waals surface area contributed by atoms with E-state index in [1.54, 1.807) is 0 Å². The van der Waals surface area contributed by atoms with Crippen molar-refractivity contribution in [1.82, 2.24) is 0 Å². The Hall–Kier alpha value is -1.03. The predicted octanol–water partition coefficient (Wildman–Crippen LogP) is -1.01. The molecular weight excluding hydrogens is 122 g/mol. The summed E-state index contributed by atoms with van der Waals surface area (Å²) in [6, 6.07) is 0. The van der Waals surface area contributed by atoms with Gasteiger partial charge in [-0.1, -0.05) is 0 Å². The lowest BCUT2D eigenvalue weighted by Gasteiger charge is -1.97. The molecule has 3 N–H and O–H groups in total. The van der Waals surface area contributed by atoms with Crippen LogP contribution in [0.4, 0.5) is 0 Å². The maximum Gasteiger partial charge on any atom is 0.283 e. The Morgan fingerprint density at radius 1 is 1.89 bits per heavy atom. The number of carbonyl (C=O) groups excluding carboxylic acids is 1. The summed E-state index contributed by atoms with van der Waals surface area (Å²) in [6.07, 6.45) is 1.20. The monoisotopic (exact) mass is 131 g/mol. The van der Waals surface area contributed by atoms with Gasteiger partial charge in [0, 0.05) is 0 Å². The highest BCUT2D eigenvalue weighted by atomic mass is 16.5. The molecule has 1 amide bonds. The van der Waals surface area contributed by atoms with E-state index in [4.69, 9.17) is 10.8 Å². The molecule has 0 aliphatic rings. The summed E-state index contributed by atoms with van der Waals surface area (Å²) >= 11 is 0. The van der Waals surface area contributed by atoms with Gasteiger partial charge in [-0.3, -0.25) is 4.79 Å². The van der Waals surface area contributed by atoms with E-state index in [-0.39, 0.29) is 12.4 Å². The second-order valence-electron chi connectivity index (χ2n) is 1.32. The molecule has 0 heterocycles. The van der Waals surface area contributed by atoms with Crippen LogP contribution in [0.1, 0.15) is 0 Å². The summed E-state index contributed by atoms with van der Waals surface area (Å²) in [5.41, 5.74) is 4.79. The molecule has 0 saturated carbocycles. The van der Waals surface area contributed by atoms with E-state index in [0.29, 0.717) is 0 Å². The number of nitrogens with two attached hydrogens (primary N) is 1. The van der Waals surface area contributed by atoms with Gasteiger partial charge in [-0.2, -0.15) is 0 Å². The number of amides is 1. The van der Waals surface area contributed by atoms with Crippen molar-refractivity contribution in [2.45, 2.75) is 0 Å². The highest BCUT2D eigenvalue weighted by Crippen LogP contribution is 1.90. The summed E-state index contributed by atoms with van der Waals surface area (Å²) in [6.45, 7) is -0.244. The first-order valence-corrected chi connectivity index (χ1v) is 2.37. The van der Waals surface area contributed by atoms with E-state index in [9.17, 15) is 4.79 Å². The fourth-order valence-corrected chi connectivity index (χ4v) is 0.367. The van der Waals surface area contributed by atoms with Crippen molar-refractivity contribution in [2.24, 2.45) is 5.73 Å². The van der Waals surface area contributed by atoms with Crippen LogP contribution in [-0.4, -0.2) is 24.7 Å². The quantitative estimate of drug-likeness (QED) is 0.381. The topological polar surface area (TPSA) is 72.6 Å². The number of aliphatic hydroxyl groups is 1. The molecule has 0 saturated heterocycles. The van der Waals surface area contributed by atoms with Gasteiger partial charge in [0.25, 0.3) is 5.91 Å². The van der Waals surface area contributed by atoms with Crippen molar-refractivity contribution in [2.75, 3.05) is 13.7 Å². The smallest absolute Gasteiger partial charge is 0.283 e. The Morgan fingerprint density at radius 2 is 2.44 bits per heavy atom. The first-order chi connectivity index (χ1) is 4.22. The van der Waals surface area contributed by atoms with E-state index in [0.717, 1.165) is 0 Å². The van der Waals surface area contributed by atoms with Gasteiger partial charge in [0.05, 0.1) is 13.7 Å². The van der Waals surface area contributed by atoms with Gasteiger partial charge >= 0.3 is 0 Å². The average Bonchev–Trinajstić information content (AvgIpc) is 1.82. The highest BCUT2D eigenvalue weighted by molar-refractivity contribution is 5.89. The van der Waals surface area contributed by atoms with Crippen LogP contribution >= 0.6 is 0 Å². The highest BCUT2D eigenvalue weighted by Gasteiger charge is 2.00. The van der Waals surface area contributed by atoms with Crippen molar-refractivity contribution in [3.05, 3.63) is 11.8 Å². The largest absolute Gasteiger partial charge is 0.491 e. The molecule has 0 rings (SSSR count). The van der Waals surface area contributed by atoms with Gasteiger partial charge in [0.1, 0.15) is 0 Å². The van der Waals surface area contributed by atoms with E-state index in [1.165, 1.54) is 13.2 Å². The lowest BCUT2D eigenvalue weighted by molar-refractivity contribution is -0.117. The van der Waals surface area contributed by atoms with E-state index >= 15 is 0 Å². The molecule has 0 atom stereocenters. The molecule has 0 fully saturated rings. The summed E-state index contributed by atoms with van der Waals surface area (Å²) < 4.78 is 4.48. The van der Waals surface area contributed by atoms with Crippen LogP contribution in [0.5, 0.6) is 0 Å². The molecule has 0 unspecified atom stereocenters. The number of aliphatic hydroxyl groups excluding tert-OH is 1. The molecule has 4 nitrogen and oxygen atoms in total. The van der Waals surface area contributed by atoms with Crippen LogP contribution in [-0.2, 0) is 9.53 Å². The van der Waals surface area contributed by atoms with E-state index < -0.39 is 5.91 Å². The van der Waals surface area contributed by atoms with Crippen LogP contribution in [0, 0.1) is 0 Å². The lowest BCUT2D eigenvalue weighted by atomic mass is 10.4. The molecule has 0 aliphatic carbocycles. The molecule has 52 valence electrons. The van der Waals surface area contributed by atoms with Gasteiger partial charge < -0.3 is 15.6 Å². The number of rotatable bonds is 3. The molecule has 0 bridgehead atoms. The minimum Gasteiger partial charge on any atom is -0.491 e. The number of hydrogen-bond donors (Lipinski definition) is 2. The van der Waals surface area contributed by atoms with Gasteiger partial charge in [0.15, 0.2) is 5.76 Å². The third-order valence-corrected chi connectivity index (χ3v) is 0.739. The van der Waals surface area contributed by atoms with Crippen molar-refractivity contribution in [1.29, 1.82) is 0 Å². The Morgan fingerprint density at radius 3 is 2.56 bits per heavy atom. The molecule has 0 spiro atoms. The number of methoxy groups -OCH3 is 1. The zero-order chi connectivity index (χ0) is 7.28. The molecule has 4 heteroatoms. The maximum absolute atomic E-state index is 10.2. The standard InChI is InChI=1S/C5H9NO3/c1-9-4(2-3-7)5(6)8/h2,7H,3H2,1H3,(H2,6,8)/b4-2+. The average molecular weight is 131 g/mol. The van der Waals surface area contributed by atoms with Crippen LogP contribution in [0.3, 0.4) is 0 Å². The van der Waals surface area contributed by atoms with Gasteiger partial charge in [-0.25, -0.2) is 0 Å². The summed E-state index contributed by atoms with van der Waals surface area (Å²) in [5.74, 6) is -0.691. The minimum absolute atomic E-state index is 0.0162. The third kappa shape index (κ3) is 2.71. The van der Waals surface area contributed by atoms with Crippen LogP contribution in [0.2, 0.25) is 0 Å². The lowest BCUT2D eigenvalue weighted by Crippen LogP contribution is -2.15. The number of ether oxygens (including phenoxy) is 1. The van der Waals surface area contributed by atoms with Gasteiger partial charge in [-0.05, 0) is 6.08 Å². The van der Waals surface area contributed by atoms with Crippen LogP contribution in [0.15, 0.2) is 11.8 Å². The van der Waals surface area contributed by atoms with Crippen molar-refractivity contribution in [3.63, 3.8) is 0 Å². The van der Waals surface area contributed by atoms with Crippen LogP contribution < -0.4 is 5.73 Å². The van der Waals surface area contributed by atoms with Gasteiger partial charge in [-0.15, -0.1) is 0 Å². The summed E-state index contributed by atoms with van der Waals surface area (Å²) in [5, 5.41) is 8.25.